The second kappa shape index (κ2) is 13.0. The average molecular weight is 482 g/mol. The first-order valence-electron chi connectivity index (χ1n) is 11.1. The molecule has 0 spiro atoms. The molecule has 0 unspecified atom stereocenters. The molecule has 9 heteroatoms. The maximum atomic E-state index is 12.7. The van der Waals surface area contributed by atoms with Crippen molar-refractivity contribution in [1.29, 1.82) is 0 Å². The van der Waals surface area contributed by atoms with Crippen LogP contribution in [-0.2, 0) is 38.2 Å². The summed E-state index contributed by atoms with van der Waals surface area (Å²) in [4.78, 5) is 26.1. The van der Waals surface area contributed by atoms with Crippen molar-refractivity contribution in [2.75, 3.05) is 26.4 Å². The van der Waals surface area contributed by atoms with Gasteiger partial charge in [0.15, 0.2) is 12.7 Å². The number of benzene rings is 2. The lowest BCUT2D eigenvalue weighted by atomic mass is 10.1. The molecule has 186 valence electrons. The summed E-state index contributed by atoms with van der Waals surface area (Å²) >= 11 is 0. The standard InChI is InChI=1S/C25H30F3NO5/c1-4-29(16-19-7-11-20(12-8-19)25(26,27)28)23(30)17-34-21-13-9-18(10-14-21)15-22(32-5-2)24(31)33-6-3/h7-14,22H,4-6,15-17H2,1-3H3/t22-/m0/s1. The monoisotopic (exact) mass is 481 g/mol. The third-order valence-corrected chi connectivity index (χ3v) is 5.01. The molecule has 2 aromatic carbocycles. The molecule has 0 saturated heterocycles. The fourth-order valence-electron chi connectivity index (χ4n) is 3.21. The number of hydrogen-bond acceptors (Lipinski definition) is 5. The van der Waals surface area contributed by atoms with E-state index in [4.69, 9.17) is 14.2 Å². The van der Waals surface area contributed by atoms with Crippen molar-refractivity contribution < 1.29 is 37.0 Å². The number of likely N-dealkylation sites (N-methyl/N-ethyl adjacent to an activating group) is 1. The first-order valence-corrected chi connectivity index (χ1v) is 11.1. The van der Waals surface area contributed by atoms with Crippen LogP contribution in [0.5, 0.6) is 5.75 Å². The van der Waals surface area contributed by atoms with E-state index >= 15 is 0 Å². The second-order valence-electron chi connectivity index (χ2n) is 7.44. The zero-order valence-corrected chi connectivity index (χ0v) is 19.6. The first kappa shape index (κ1) is 27.2. The minimum absolute atomic E-state index is 0.183. The van der Waals surface area contributed by atoms with Crippen LogP contribution in [0.25, 0.3) is 0 Å². The van der Waals surface area contributed by atoms with Crippen LogP contribution < -0.4 is 4.74 Å². The van der Waals surface area contributed by atoms with E-state index in [0.29, 0.717) is 30.9 Å². The molecule has 0 aliphatic rings. The third-order valence-electron chi connectivity index (χ3n) is 5.01. The number of amides is 1. The molecule has 1 amide bonds. The first-order chi connectivity index (χ1) is 16.2. The lowest BCUT2D eigenvalue weighted by Crippen LogP contribution is -2.34. The van der Waals surface area contributed by atoms with E-state index in [0.717, 1.165) is 17.7 Å². The highest BCUT2D eigenvalue weighted by Crippen LogP contribution is 2.29. The van der Waals surface area contributed by atoms with Gasteiger partial charge in [-0.3, -0.25) is 4.79 Å². The van der Waals surface area contributed by atoms with Gasteiger partial charge in [-0.1, -0.05) is 24.3 Å². The van der Waals surface area contributed by atoms with Crippen LogP contribution in [0.2, 0.25) is 0 Å². The Hall–Kier alpha value is -3.07. The van der Waals surface area contributed by atoms with E-state index in [1.165, 1.54) is 17.0 Å². The highest BCUT2D eigenvalue weighted by atomic mass is 19.4. The van der Waals surface area contributed by atoms with Gasteiger partial charge in [-0.05, 0) is 56.2 Å². The Morgan fingerprint density at radius 3 is 2.06 bits per heavy atom. The summed E-state index contributed by atoms with van der Waals surface area (Å²) in [5.74, 6) is -0.222. The number of nitrogens with zero attached hydrogens (tertiary/aromatic N) is 1. The largest absolute Gasteiger partial charge is 0.484 e. The third kappa shape index (κ3) is 8.37. The molecule has 0 saturated carbocycles. The summed E-state index contributed by atoms with van der Waals surface area (Å²) < 4.78 is 54.2. The van der Waals surface area contributed by atoms with Gasteiger partial charge in [-0.15, -0.1) is 0 Å². The van der Waals surface area contributed by atoms with Gasteiger partial charge in [0.25, 0.3) is 5.91 Å². The van der Waals surface area contributed by atoms with Crippen molar-refractivity contribution in [3.05, 3.63) is 65.2 Å². The van der Waals surface area contributed by atoms with E-state index in [9.17, 15) is 22.8 Å². The lowest BCUT2D eigenvalue weighted by Gasteiger charge is -2.21. The van der Waals surface area contributed by atoms with Crippen molar-refractivity contribution in [3.8, 4) is 5.75 Å². The zero-order chi connectivity index (χ0) is 25.1. The van der Waals surface area contributed by atoms with Crippen molar-refractivity contribution in [2.45, 2.75) is 46.0 Å². The van der Waals surface area contributed by atoms with E-state index in [-0.39, 0.29) is 25.7 Å². The van der Waals surface area contributed by atoms with Gasteiger partial charge < -0.3 is 19.1 Å². The SMILES string of the molecule is CCOC(=O)[C@H](Cc1ccc(OCC(=O)N(CC)Cc2ccc(C(F)(F)F)cc2)cc1)OCC. The Balaban J connectivity index is 1.91. The van der Waals surface area contributed by atoms with Crippen molar-refractivity contribution in [3.63, 3.8) is 0 Å². The topological polar surface area (TPSA) is 65.1 Å². The molecule has 0 aromatic heterocycles. The van der Waals surface area contributed by atoms with Crippen molar-refractivity contribution in [1.82, 2.24) is 4.90 Å². The number of carbonyl (C=O) groups excluding carboxylic acids is 2. The molecule has 0 N–H and O–H groups in total. The van der Waals surface area contributed by atoms with E-state index in [1.54, 1.807) is 45.0 Å². The summed E-state index contributed by atoms with van der Waals surface area (Å²) in [6.45, 7) is 6.34. The molecular weight excluding hydrogens is 451 g/mol. The fraction of sp³-hybridized carbons (Fsp3) is 0.440. The van der Waals surface area contributed by atoms with Gasteiger partial charge in [0.1, 0.15) is 5.75 Å². The molecular formula is C25H30F3NO5. The molecule has 0 radical (unpaired) electrons. The fourth-order valence-corrected chi connectivity index (χ4v) is 3.21. The number of alkyl halides is 3. The van der Waals surface area contributed by atoms with Crippen LogP contribution in [0.1, 0.15) is 37.5 Å². The van der Waals surface area contributed by atoms with Crippen LogP contribution in [-0.4, -0.2) is 49.2 Å². The van der Waals surface area contributed by atoms with Crippen molar-refractivity contribution >= 4 is 11.9 Å². The second-order valence-corrected chi connectivity index (χ2v) is 7.44. The molecule has 0 aliphatic carbocycles. The highest BCUT2D eigenvalue weighted by molar-refractivity contribution is 5.77. The van der Waals surface area contributed by atoms with E-state index < -0.39 is 23.8 Å². The molecule has 0 bridgehead atoms. The van der Waals surface area contributed by atoms with E-state index in [2.05, 4.69) is 0 Å². The summed E-state index contributed by atoms with van der Waals surface area (Å²) in [6, 6.07) is 11.7. The van der Waals surface area contributed by atoms with Gasteiger partial charge in [-0.2, -0.15) is 13.2 Å². The number of carbonyl (C=O) groups is 2. The molecule has 1 atom stereocenters. The molecule has 0 fully saturated rings. The smallest absolute Gasteiger partial charge is 0.416 e. The van der Waals surface area contributed by atoms with Gasteiger partial charge >= 0.3 is 12.1 Å². The zero-order valence-electron chi connectivity index (χ0n) is 19.6. The molecule has 0 heterocycles. The number of esters is 1. The van der Waals surface area contributed by atoms with Crippen LogP contribution in [0.15, 0.2) is 48.5 Å². The molecule has 2 aromatic rings. The normalized spacial score (nSPS) is 12.2. The Morgan fingerprint density at radius 1 is 0.912 bits per heavy atom. The predicted octanol–water partition coefficient (Wildman–Crippen LogP) is 4.64. The maximum Gasteiger partial charge on any atom is 0.416 e. The van der Waals surface area contributed by atoms with Gasteiger partial charge in [0.05, 0.1) is 12.2 Å². The maximum absolute atomic E-state index is 12.7. The highest BCUT2D eigenvalue weighted by Gasteiger charge is 2.30. The molecule has 0 aliphatic heterocycles. The Bertz CT molecular complexity index is 914. The summed E-state index contributed by atoms with van der Waals surface area (Å²) in [5, 5.41) is 0. The minimum Gasteiger partial charge on any atom is -0.484 e. The van der Waals surface area contributed by atoms with Gasteiger partial charge in [0.2, 0.25) is 0 Å². The number of rotatable bonds is 12. The molecule has 6 nitrogen and oxygen atoms in total. The minimum atomic E-state index is -4.40. The quantitative estimate of drug-likeness (QED) is 0.413. The van der Waals surface area contributed by atoms with Gasteiger partial charge in [-0.25, -0.2) is 4.79 Å². The Labute approximate surface area is 197 Å². The number of halogens is 3. The molecule has 34 heavy (non-hydrogen) atoms. The van der Waals surface area contributed by atoms with Crippen LogP contribution in [0.4, 0.5) is 13.2 Å². The van der Waals surface area contributed by atoms with Crippen LogP contribution in [0, 0.1) is 0 Å². The summed E-state index contributed by atoms with van der Waals surface area (Å²) in [5.41, 5.74) is 0.716. The van der Waals surface area contributed by atoms with E-state index in [1.807, 2.05) is 0 Å². The van der Waals surface area contributed by atoms with Crippen LogP contribution >= 0.6 is 0 Å². The summed E-state index contributed by atoms with van der Waals surface area (Å²) in [6.07, 6.45) is -4.74. The lowest BCUT2D eigenvalue weighted by molar-refractivity contribution is -0.156. The summed E-state index contributed by atoms with van der Waals surface area (Å²) in [7, 11) is 0. The number of ether oxygens (including phenoxy) is 3. The van der Waals surface area contributed by atoms with Gasteiger partial charge in [0, 0.05) is 26.1 Å². The van der Waals surface area contributed by atoms with Crippen LogP contribution in [0.3, 0.4) is 0 Å². The van der Waals surface area contributed by atoms with Crippen molar-refractivity contribution in [2.24, 2.45) is 0 Å². The number of hydrogen-bond donors (Lipinski definition) is 0. The Morgan fingerprint density at radius 2 is 1.53 bits per heavy atom. The average Bonchev–Trinajstić information content (AvgIpc) is 2.81. The Kier molecular flexibility index (Phi) is 10.4. The predicted molar refractivity (Wildman–Crippen MR) is 120 cm³/mol. The molecule has 2 rings (SSSR count).